The molecule has 0 atom stereocenters. The maximum atomic E-state index is 12.3. The van der Waals surface area contributed by atoms with E-state index in [2.05, 4.69) is 26.1 Å². The maximum Gasteiger partial charge on any atom is 0.289 e. The average Bonchev–Trinajstić information content (AvgIpc) is 2.70. The molecule has 1 aliphatic heterocycles. The summed E-state index contributed by atoms with van der Waals surface area (Å²) in [6.45, 7) is 2.63. The molecule has 1 aliphatic rings. The lowest BCUT2D eigenvalue weighted by Gasteiger charge is -2.27. The Balaban J connectivity index is 1.58. The van der Waals surface area contributed by atoms with Gasteiger partial charge in [0.05, 0.1) is 41.3 Å². The summed E-state index contributed by atoms with van der Waals surface area (Å²) in [5, 5.41) is 3.76. The second-order valence-electron chi connectivity index (χ2n) is 5.49. The summed E-state index contributed by atoms with van der Waals surface area (Å²) < 4.78 is 5.31. The van der Waals surface area contributed by atoms with Gasteiger partial charge in [-0.1, -0.05) is 29.3 Å². The van der Waals surface area contributed by atoms with Crippen molar-refractivity contribution in [2.75, 3.05) is 36.5 Å². The van der Waals surface area contributed by atoms with E-state index in [9.17, 15) is 4.79 Å². The van der Waals surface area contributed by atoms with Gasteiger partial charge in [-0.2, -0.15) is 0 Å². The quantitative estimate of drug-likeness (QED) is 0.508. The molecule has 1 fully saturated rings. The van der Waals surface area contributed by atoms with Crippen LogP contribution in [0.2, 0.25) is 10.0 Å². The highest BCUT2D eigenvalue weighted by atomic mass is 35.5. The van der Waals surface area contributed by atoms with Crippen LogP contribution in [0.3, 0.4) is 0 Å². The third kappa shape index (κ3) is 5.16. The van der Waals surface area contributed by atoms with Crippen molar-refractivity contribution in [3.63, 3.8) is 0 Å². The molecule has 2 heterocycles. The standard InChI is InChI=1S/C16H16Cl2N6O2S/c17-10-2-1-3-11(18)14(10)21-16(27)23-22-15(25)12-8-19-9-13(20-12)24-4-6-26-7-5-24/h1-3,8-9H,4-7H2,(H,22,25)(H2,21,23,27). The molecule has 3 rings (SSSR count). The predicted octanol–water partition coefficient (Wildman–Crippen LogP) is 2.25. The Morgan fingerprint density at radius 2 is 1.85 bits per heavy atom. The number of para-hydroxylation sites is 1. The smallest absolute Gasteiger partial charge is 0.289 e. The van der Waals surface area contributed by atoms with Crippen LogP contribution in [0.25, 0.3) is 0 Å². The fraction of sp³-hybridized carbons (Fsp3) is 0.250. The highest BCUT2D eigenvalue weighted by molar-refractivity contribution is 7.80. The Hall–Kier alpha value is -2.20. The van der Waals surface area contributed by atoms with E-state index in [1.807, 2.05) is 4.90 Å². The van der Waals surface area contributed by atoms with Crippen molar-refractivity contribution in [1.29, 1.82) is 0 Å². The van der Waals surface area contributed by atoms with E-state index in [1.54, 1.807) is 24.4 Å². The Bertz CT molecular complexity index is 827. The maximum absolute atomic E-state index is 12.3. The third-order valence-electron chi connectivity index (χ3n) is 3.68. The zero-order chi connectivity index (χ0) is 19.2. The number of rotatable bonds is 3. The number of benzene rings is 1. The van der Waals surface area contributed by atoms with E-state index < -0.39 is 5.91 Å². The summed E-state index contributed by atoms with van der Waals surface area (Å²) in [7, 11) is 0. The Labute approximate surface area is 171 Å². The number of nitrogens with zero attached hydrogens (tertiary/aromatic N) is 3. The molecule has 1 saturated heterocycles. The van der Waals surface area contributed by atoms with Crippen molar-refractivity contribution in [2.24, 2.45) is 0 Å². The molecule has 1 aromatic carbocycles. The summed E-state index contributed by atoms with van der Waals surface area (Å²) in [6.07, 6.45) is 2.99. The van der Waals surface area contributed by atoms with E-state index in [0.717, 1.165) is 0 Å². The number of ether oxygens (including phenoxy) is 1. The van der Waals surface area contributed by atoms with Crippen molar-refractivity contribution in [1.82, 2.24) is 20.8 Å². The van der Waals surface area contributed by atoms with Crippen LogP contribution in [0.1, 0.15) is 10.5 Å². The molecule has 1 amide bonds. The van der Waals surface area contributed by atoms with E-state index in [1.165, 1.54) is 6.20 Å². The van der Waals surface area contributed by atoms with Crippen LogP contribution in [0.4, 0.5) is 11.5 Å². The molecule has 0 saturated carbocycles. The zero-order valence-electron chi connectivity index (χ0n) is 14.0. The first-order valence-corrected chi connectivity index (χ1v) is 9.17. The number of hydrogen-bond acceptors (Lipinski definition) is 6. The van der Waals surface area contributed by atoms with Gasteiger partial charge >= 0.3 is 0 Å². The monoisotopic (exact) mass is 426 g/mol. The van der Waals surface area contributed by atoms with Crippen molar-refractivity contribution in [3.8, 4) is 0 Å². The van der Waals surface area contributed by atoms with Gasteiger partial charge in [-0.25, -0.2) is 4.98 Å². The zero-order valence-corrected chi connectivity index (χ0v) is 16.4. The number of anilines is 2. The largest absolute Gasteiger partial charge is 0.378 e. The molecule has 0 spiro atoms. The minimum absolute atomic E-state index is 0.121. The number of thiocarbonyl (C=S) groups is 1. The second-order valence-corrected chi connectivity index (χ2v) is 6.71. The van der Waals surface area contributed by atoms with Crippen LogP contribution in [-0.4, -0.2) is 47.3 Å². The number of halogens is 2. The summed E-state index contributed by atoms with van der Waals surface area (Å²) >= 11 is 17.3. The van der Waals surface area contributed by atoms with Crippen molar-refractivity contribution < 1.29 is 9.53 Å². The number of morpholine rings is 1. The minimum Gasteiger partial charge on any atom is -0.378 e. The van der Waals surface area contributed by atoms with Gasteiger partial charge in [-0.3, -0.25) is 20.6 Å². The number of nitrogens with one attached hydrogen (secondary N) is 3. The molecule has 1 aromatic heterocycles. The van der Waals surface area contributed by atoms with Gasteiger partial charge < -0.3 is 15.0 Å². The van der Waals surface area contributed by atoms with Gasteiger partial charge in [0.25, 0.3) is 5.91 Å². The van der Waals surface area contributed by atoms with Crippen LogP contribution >= 0.6 is 35.4 Å². The van der Waals surface area contributed by atoms with Gasteiger partial charge in [0, 0.05) is 13.1 Å². The van der Waals surface area contributed by atoms with Crippen molar-refractivity contribution in [3.05, 3.63) is 46.3 Å². The van der Waals surface area contributed by atoms with Gasteiger partial charge in [0.2, 0.25) is 0 Å². The molecule has 8 nitrogen and oxygen atoms in total. The summed E-state index contributed by atoms with van der Waals surface area (Å²) in [5.74, 6) is 0.140. The Kier molecular flexibility index (Phi) is 6.62. The van der Waals surface area contributed by atoms with E-state index in [4.69, 9.17) is 40.2 Å². The number of hydrazine groups is 1. The Morgan fingerprint density at radius 3 is 2.56 bits per heavy atom. The lowest BCUT2D eigenvalue weighted by Crippen LogP contribution is -2.44. The number of amides is 1. The lowest BCUT2D eigenvalue weighted by molar-refractivity contribution is 0.0938. The van der Waals surface area contributed by atoms with Crippen molar-refractivity contribution >= 4 is 57.9 Å². The fourth-order valence-electron chi connectivity index (χ4n) is 2.35. The molecule has 0 bridgehead atoms. The second kappa shape index (κ2) is 9.14. The van der Waals surface area contributed by atoms with Gasteiger partial charge in [0.15, 0.2) is 10.8 Å². The highest BCUT2D eigenvalue weighted by Gasteiger charge is 2.16. The lowest BCUT2D eigenvalue weighted by atomic mass is 10.3. The summed E-state index contributed by atoms with van der Waals surface area (Å²) in [6, 6.07) is 5.06. The first-order valence-electron chi connectivity index (χ1n) is 8.00. The number of carbonyl (C=O) groups is 1. The van der Waals surface area contributed by atoms with E-state index in [-0.39, 0.29) is 10.8 Å². The normalized spacial score (nSPS) is 13.8. The molecule has 3 N–H and O–H groups in total. The van der Waals surface area contributed by atoms with Crippen LogP contribution < -0.4 is 21.1 Å². The number of carbonyl (C=O) groups excluding carboxylic acids is 1. The molecule has 2 aromatic rings. The molecular formula is C16H16Cl2N6O2S. The van der Waals surface area contributed by atoms with Crippen molar-refractivity contribution in [2.45, 2.75) is 0 Å². The van der Waals surface area contributed by atoms with Crippen LogP contribution in [0.5, 0.6) is 0 Å². The number of hydrogen-bond donors (Lipinski definition) is 3. The summed E-state index contributed by atoms with van der Waals surface area (Å²) in [5.41, 5.74) is 5.65. The predicted molar refractivity (Wildman–Crippen MR) is 108 cm³/mol. The molecule has 0 unspecified atom stereocenters. The highest BCUT2D eigenvalue weighted by Crippen LogP contribution is 2.29. The molecule has 27 heavy (non-hydrogen) atoms. The average molecular weight is 427 g/mol. The molecular weight excluding hydrogens is 411 g/mol. The van der Waals surface area contributed by atoms with Gasteiger partial charge in [-0.15, -0.1) is 0 Å². The van der Waals surface area contributed by atoms with Crippen LogP contribution in [0, 0.1) is 0 Å². The molecule has 0 aliphatic carbocycles. The SMILES string of the molecule is O=C(NNC(=S)Nc1c(Cl)cccc1Cl)c1cncc(N2CCOCC2)n1. The topological polar surface area (TPSA) is 91.4 Å². The Morgan fingerprint density at radius 1 is 1.15 bits per heavy atom. The molecule has 0 radical (unpaired) electrons. The molecule has 11 heteroatoms. The van der Waals surface area contributed by atoms with E-state index in [0.29, 0.717) is 47.9 Å². The fourth-order valence-corrected chi connectivity index (χ4v) is 2.99. The first-order chi connectivity index (χ1) is 13.0. The van der Waals surface area contributed by atoms with E-state index >= 15 is 0 Å². The minimum atomic E-state index is -0.480. The first kappa shape index (κ1) is 19.6. The molecule has 142 valence electrons. The van der Waals surface area contributed by atoms with Gasteiger partial charge in [0.1, 0.15) is 5.82 Å². The van der Waals surface area contributed by atoms with Crippen LogP contribution in [-0.2, 0) is 4.74 Å². The van der Waals surface area contributed by atoms with Gasteiger partial charge in [-0.05, 0) is 24.4 Å². The number of aromatic nitrogens is 2. The third-order valence-corrected chi connectivity index (χ3v) is 4.51. The summed E-state index contributed by atoms with van der Waals surface area (Å²) in [4.78, 5) is 22.7. The van der Waals surface area contributed by atoms with Crippen LogP contribution in [0.15, 0.2) is 30.6 Å².